The highest BCUT2D eigenvalue weighted by atomic mass is 35.5. The minimum atomic E-state index is 0.211. The van der Waals surface area contributed by atoms with Crippen LogP contribution in [0, 0.1) is 0 Å². The van der Waals surface area contributed by atoms with E-state index < -0.39 is 0 Å². The van der Waals surface area contributed by atoms with Crippen LogP contribution in [0.5, 0.6) is 0 Å². The van der Waals surface area contributed by atoms with E-state index in [1.165, 1.54) is 12.8 Å². The second kappa shape index (κ2) is 5.75. The molecule has 86 valence electrons. The molecule has 0 aliphatic carbocycles. The molecule has 0 aromatic carbocycles. The summed E-state index contributed by atoms with van der Waals surface area (Å²) in [7, 11) is 0. The van der Waals surface area contributed by atoms with E-state index in [1.807, 2.05) is 0 Å². The number of halogens is 1. The van der Waals surface area contributed by atoms with E-state index in [0.29, 0.717) is 0 Å². The fourth-order valence-corrected chi connectivity index (χ4v) is 1.90. The lowest BCUT2D eigenvalue weighted by Crippen LogP contribution is -2.28. The summed E-state index contributed by atoms with van der Waals surface area (Å²) in [6, 6.07) is 0. The summed E-state index contributed by atoms with van der Waals surface area (Å²) in [6.07, 6.45) is 6.46. The molecule has 1 aliphatic rings. The van der Waals surface area contributed by atoms with Gasteiger partial charge in [-0.15, -0.1) is 0 Å². The Hall–Kier alpha value is -1.03. The van der Waals surface area contributed by atoms with E-state index in [0.717, 1.165) is 31.6 Å². The zero-order chi connectivity index (χ0) is 11.3. The summed E-state index contributed by atoms with van der Waals surface area (Å²) < 4.78 is 0. The van der Waals surface area contributed by atoms with Crippen LogP contribution in [0.4, 0.5) is 0 Å². The molecule has 0 aromatic heterocycles. The van der Waals surface area contributed by atoms with Crippen LogP contribution in [0.15, 0.2) is 22.8 Å². The van der Waals surface area contributed by atoms with Gasteiger partial charge in [0.2, 0.25) is 0 Å². The van der Waals surface area contributed by atoms with Gasteiger partial charge in [0.1, 0.15) is 11.0 Å². The molecule has 0 atom stereocenters. The molecule has 5 heteroatoms. The first-order valence-corrected chi connectivity index (χ1v) is 5.62. The van der Waals surface area contributed by atoms with E-state index in [9.17, 15) is 0 Å². The smallest absolute Gasteiger partial charge is 0.118 e. The quantitative estimate of drug-likeness (QED) is 0.488. The Bertz CT molecular complexity index is 257. The number of hydrogen-bond donors (Lipinski definition) is 3. The minimum absolute atomic E-state index is 0.211. The molecule has 15 heavy (non-hydrogen) atoms. The van der Waals surface area contributed by atoms with Crippen molar-refractivity contribution in [1.82, 2.24) is 4.90 Å². The van der Waals surface area contributed by atoms with Crippen molar-refractivity contribution in [2.75, 3.05) is 13.1 Å². The van der Waals surface area contributed by atoms with E-state index >= 15 is 0 Å². The van der Waals surface area contributed by atoms with Crippen LogP contribution in [0.3, 0.4) is 0 Å². The zero-order valence-electron chi connectivity index (χ0n) is 8.88. The molecule has 0 aromatic rings. The lowest BCUT2D eigenvalue weighted by Gasteiger charge is -2.24. The SMILES string of the molecule is NC(N)=C(/C=C(\N)Cl)N1CCCCCC1. The maximum atomic E-state index is 5.64. The van der Waals surface area contributed by atoms with Gasteiger partial charge >= 0.3 is 0 Å². The summed E-state index contributed by atoms with van der Waals surface area (Å²) in [6.45, 7) is 1.93. The summed E-state index contributed by atoms with van der Waals surface area (Å²) in [4.78, 5) is 2.15. The molecule has 0 unspecified atom stereocenters. The van der Waals surface area contributed by atoms with Crippen molar-refractivity contribution >= 4 is 11.6 Å². The predicted octanol–water partition coefficient (Wildman–Crippen LogP) is 0.988. The Morgan fingerprint density at radius 2 is 1.53 bits per heavy atom. The van der Waals surface area contributed by atoms with Crippen molar-refractivity contribution in [2.45, 2.75) is 25.7 Å². The first-order chi connectivity index (χ1) is 7.11. The summed E-state index contributed by atoms with van der Waals surface area (Å²) >= 11 is 5.64. The normalized spacial score (nSPS) is 18.5. The van der Waals surface area contributed by atoms with Gasteiger partial charge in [-0.3, -0.25) is 0 Å². The Labute approximate surface area is 95.7 Å². The molecule has 0 radical (unpaired) electrons. The number of nitrogens with zero attached hydrogens (tertiary/aromatic N) is 1. The zero-order valence-corrected chi connectivity index (χ0v) is 9.63. The maximum absolute atomic E-state index is 5.64. The average molecular weight is 231 g/mol. The van der Waals surface area contributed by atoms with E-state index in [4.69, 9.17) is 28.8 Å². The maximum Gasteiger partial charge on any atom is 0.118 e. The largest absolute Gasteiger partial charge is 0.389 e. The number of rotatable bonds is 2. The lowest BCUT2D eigenvalue weighted by molar-refractivity contribution is 0.364. The minimum Gasteiger partial charge on any atom is -0.389 e. The van der Waals surface area contributed by atoms with Crippen molar-refractivity contribution < 1.29 is 0 Å². The monoisotopic (exact) mass is 230 g/mol. The Kier molecular flexibility index (Phi) is 4.62. The van der Waals surface area contributed by atoms with Crippen LogP contribution in [0.2, 0.25) is 0 Å². The van der Waals surface area contributed by atoms with Crippen molar-refractivity contribution in [3.8, 4) is 0 Å². The molecule has 1 saturated heterocycles. The van der Waals surface area contributed by atoms with Gasteiger partial charge in [-0.1, -0.05) is 24.4 Å². The molecule has 0 bridgehead atoms. The summed E-state index contributed by atoms with van der Waals surface area (Å²) in [5, 5.41) is 0.211. The third kappa shape index (κ3) is 3.91. The van der Waals surface area contributed by atoms with Gasteiger partial charge in [-0.2, -0.15) is 0 Å². The molecular formula is C10H19ClN4. The molecule has 0 spiro atoms. The average Bonchev–Trinajstić information content (AvgIpc) is 2.41. The molecule has 0 amide bonds. The van der Waals surface area contributed by atoms with E-state index in [2.05, 4.69) is 4.90 Å². The van der Waals surface area contributed by atoms with Crippen LogP contribution in [-0.4, -0.2) is 18.0 Å². The van der Waals surface area contributed by atoms with Crippen molar-refractivity contribution in [1.29, 1.82) is 0 Å². The van der Waals surface area contributed by atoms with E-state index in [1.54, 1.807) is 6.08 Å². The molecule has 1 fully saturated rings. The highest BCUT2D eigenvalue weighted by molar-refractivity contribution is 6.29. The standard InChI is InChI=1S/C10H19ClN4/c11-9(12)7-8(10(13)14)15-5-3-1-2-4-6-15/h7H,1-6,12-14H2/b9-7-. The van der Waals surface area contributed by atoms with Crippen LogP contribution in [0.1, 0.15) is 25.7 Å². The van der Waals surface area contributed by atoms with Crippen molar-refractivity contribution in [3.05, 3.63) is 22.8 Å². The van der Waals surface area contributed by atoms with Crippen LogP contribution in [0.25, 0.3) is 0 Å². The van der Waals surface area contributed by atoms with Crippen molar-refractivity contribution in [3.63, 3.8) is 0 Å². The fraction of sp³-hybridized carbons (Fsp3) is 0.600. The van der Waals surface area contributed by atoms with Gasteiger partial charge in [-0.05, 0) is 18.9 Å². The predicted molar refractivity (Wildman–Crippen MR) is 63.6 cm³/mol. The molecular weight excluding hydrogens is 212 g/mol. The van der Waals surface area contributed by atoms with Gasteiger partial charge < -0.3 is 22.1 Å². The van der Waals surface area contributed by atoms with Gasteiger partial charge in [0.05, 0.1) is 5.70 Å². The highest BCUT2D eigenvalue weighted by Crippen LogP contribution is 2.17. The number of hydrogen-bond acceptors (Lipinski definition) is 4. The van der Waals surface area contributed by atoms with Gasteiger partial charge in [0.15, 0.2) is 0 Å². The fourth-order valence-electron chi connectivity index (χ4n) is 1.80. The molecule has 1 heterocycles. The number of allylic oxidation sites excluding steroid dienone is 1. The first kappa shape index (κ1) is 12.0. The first-order valence-electron chi connectivity index (χ1n) is 5.24. The Balaban J connectivity index is 2.79. The third-order valence-electron chi connectivity index (χ3n) is 2.52. The Morgan fingerprint density at radius 1 is 1.00 bits per heavy atom. The molecule has 4 nitrogen and oxygen atoms in total. The topological polar surface area (TPSA) is 81.3 Å². The summed E-state index contributed by atoms with van der Waals surface area (Å²) in [5.74, 6) is 0.278. The molecule has 1 rings (SSSR count). The molecule has 6 N–H and O–H groups in total. The molecule has 0 saturated carbocycles. The highest BCUT2D eigenvalue weighted by Gasteiger charge is 2.12. The number of nitrogens with two attached hydrogens (primary N) is 3. The second-order valence-electron chi connectivity index (χ2n) is 3.77. The molecule has 1 aliphatic heterocycles. The van der Waals surface area contributed by atoms with Crippen LogP contribution >= 0.6 is 11.6 Å². The van der Waals surface area contributed by atoms with Crippen molar-refractivity contribution in [2.24, 2.45) is 17.2 Å². The second-order valence-corrected chi connectivity index (χ2v) is 4.21. The van der Waals surface area contributed by atoms with Crippen LogP contribution < -0.4 is 17.2 Å². The Morgan fingerprint density at radius 3 is 1.93 bits per heavy atom. The van der Waals surface area contributed by atoms with Gasteiger partial charge in [0.25, 0.3) is 0 Å². The van der Waals surface area contributed by atoms with Gasteiger partial charge in [0, 0.05) is 13.1 Å². The third-order valence-corrected chi connectivity index (χ3v) is 2.63. The number of likely N-dealkylation sites (tertiary alicyclic amines) is 1. The summed E-state index contributed by atoms with van der Waals surface area (Å²) in [5.41, 5.74) is 17.4. The van der Waals surface area contributed by atoms with Crippen LogP contribution in [-0.2, 0) is 0 Å². The lowest BCUT2D eigenvalue weighted by atomic mass is 10.2. The van der Waals surface area contributed by atoms with Gasteiger partial charge in [-0.25, -0.2) is 0 Å². The van der Waals surface area contributed by atoms with E-state index in [-0.39, 0.29) is 11.0 Å².